The molecule has 0 aliphatic carbocycles. The summed E-state index contributed by atoms with van der Waals surface area (Å²) >= 11 is 8.59. The van der Waals surface area contributed by atoms with Crippen LogP contribution >= 0.6 is 34.7 Å². The van der Waals surface area contributed by atoms with Crippen molar-refractivity contribution in [3.63, 3.8) is 0 Å². The van der Waals surface area contributed by atoms with Gasteiger partial charge >= 0.3 is 0 Å². The third kappa shape index (κ3) is 4.23. The van der Waals surface area contributed by atoms with Crippen LogP contribution in [-0.2, 0) is 16.6 Å². The van der Waals surface area contributed by atoms with Gasteiger partial charge in [0.25, 0.3) is 0 Å². The molecule has 0 atom stereocenters. The number of sulfonamides is 1. The van der Waals surface area contributed by atoms with Crippen LogP contribution in [0.4, 0.5) is 0 Å². The highest BCUT2D eigenvalue weighted by molar-refractivity contribution is 7.89. The van der Waals surface area contributed by atoms with Crippen molar-refractivity contribution in [2.75, 3.05) is 26.2 Å². The Labute approximate surface area is 193 Å². The van der Waals surface area contributed by atoms with Gasteiger partial charge in [-0.15, -0.1) is 11.3 Å². The molecule has 2 aromatic carbocycles. The minimum Gasteiger partial charge on any atom is -0.295 e. The van der Waals surface area contributed by atoms with Crippen molar-refractivity contribution in [2.24, 2.45) is 0 Å². The molecule has 1 saturated heterocycles. The van der Waals surface area contributed by atoms with Gasteiger partial charge in [-0.05, 0) is 24.3 Å². The van der Waals surface area contributed by atoms with Gasteiger partial charge in [0.15, 0.2) is 0 Å². The molecule has 0 amide bonds. The predicted molar refractivity (Wildman–Crippen MR) is 124 cm³/mol. The van der Waals surface area contributed by atoms with Gasteiger partial charge in [-0.1, -0.05) is 29.8 Å². The lowest BCUT2D eigenvalue weighted by Crippen LogP contribution is -2.48. The minimum absolute atomic E-state index is 0.235. The number of halogens is 1. The summed E-state index contributed by atoms with van der Waals surface area (Å²) in [6.07, 6.45) is 0. The summed E-state index contributed by atoms with van der Waals surface area (Å²) in [6.45, 7) is 2.87. The van der Waals surface area contributed by atoms with Gasteiger partial charge in [0.2, 0.25) is 10.0 Å². The maximum Gasteiger partial charge on any atom is 0.245 e. The lowest BCUT2D eigenvalue weighted by Gasteiger charge is -2.33. The Balaban J connectivity index is 1.25. The largest absolute Gasteiger partial charge is 0.295 e. The highest BCUT2D eigenvalue weighted by Gasteiger charge is 2.30. The van der Waals surface area contributed by atoms with Crippen molar-refractivity contribution in [1.29, 1.82) is 0 Å². The normalized spacial score (nSPS) is 16.2. The van der Waals surface area contributed by atoms with Crippen LogP contribution in [0.2, 0.25) is 5.02 Å². The molecule has 0 radical (unpaired) electrons. The average Bonchev–Trinajstić information content (AvgIpc) is 3.44. The number of fused-ring (bicyclic) bond motifs is 1. The molecule has 0 unspecified atom stereocenters. The Morgan fingerprint density at radius 1 is 1.00 bits per heavy atom. The number of benzene rings is 2. The summed E-state index contributed by atoms with van der Waals surface area (Å²) in [5.41, 5.74) is 3.10. The first-order chi connectivity index (χ1) is 15.0. The SMILES string of the molecule is O=S(=O)(c1cccc2nsnc12)N1CCN(Cc2csc(-c3ccc(Cl)cc3)n2)CC1. The van der Waals surface area contributed by atoms with E-state index in [2.05, 4.69) is 19.0 Å². The van der Waals surface area contributed by atoms with Crippen LogP contribution in [0.3, 0.4) is 0 Å². The summed E-state index contributed by atoms with van der Waals surface area (Å²) in [5, 5.41) is 3.72. The lowest BCUT2D eigenvalue weighted by atomic mass is 10.2. The quantitative estimate of drug-likeness (QED) is 0.420. The van der Waals surface area contributed by atoms with Crippen molar-refractivity contribution >= 4 is 55.7 Å². The van der Waals surface area contributed by atoms with Crippen LogP contribution in [0.25, 0.3) is 21.6 Å². The first-order valence-electron chi connectivity index (χ1n) is 9.65. The number of piperazine rings is 1. The lowest BCUT2D eigenvalue weighted by molar-refractivity contribution is 0.180. The minimum atomic E-state index is -3.60. The number of nitrogens with zero attached hydrogens (tertiary/aromatic N) is 5. The van der Waals surface area contributed by atoms with Crippen molar-refractivity contribution in [2.45, 2.75) is 11.4 Å². The fourth-order valence-electron chi connectivity index (χ4n) is 3.59. The van der Waals surface area contributed by atoms with Crippen molar-refractivity contribution in [3.8, 4) is 10.6 Å². The van der Waals surface area contributed by atoms with E-state index in [9.17, 15) is 8.42 Å². The van der Waals surface area contributed by atoms with Crippen LogP contribution in [0.15, 0.2) is 52.7 Å². The summed E-state index contributed by atoms with van der Waals surface area (Å²) in [7, 11) is -3.60. The van der Waals surface area contributed by atoms with Gasteiger partial charge in [-0.2, -0.15) is 13.1 Å². The van der Waals surface area contributed by atoms with Crippen molar-refractivity contribution in [1.82, 2.24) is 22.9 Å². The van der Waals surface area contributed by atoms with E-state index in [0.29, 0.717) is 48.8 Å². The van der Waals surface area contributed by atoms with E-state index in [4.69, 9.17) is 16.6 Å². The third-order valence-corrected chi connectivity index (χ3v) is 8.89. The summed E-state index contributed by atoms with van der Waals surface area (Å²) in [4.78, 5) is 7.21. The highest BCUT2D eigenvalue weighted by atomic mass is 35.5. The zero-order chi connectivity index (χ0) is 21.4. The second kappa shape index (κ2) is 8.53. The number of rotatable bonds is 5. The molecule has 0 spiro atoms. The smallest absolute Gasteiger partial charge is 0.245 e. The van der Waals surface area contributed by atoms with Crippen LogP contribution in [0.5, 0.6) is 0 Å². The van der Waals surface area contributed by atoms with Crippen molar-refractivity contribution in [3.05, 3.63) is 58.6 Å². The topological polar surface area (TPSA) is 79.3 Å². The summed E-state index contributed by atoms with van der Waals surface area (Å²) in [5.74, 6) is 0. The van der Waals surface area contributed by atoms with Crippen LogP contribution in [0, 0.1) is 0 Å². The molecule has 0 N–H and O–H groups in total. The van der Waals surface area contributed by atoms with Gasteiger partial charge in [0, 0.05) is 48.7 Å². The molecule has 5 rings (SSSR count). The molecule has 1 aliphatic rings. The van der Waals surface area contributed by atoms with Gasteiger partial charge in [0.05, 0.1) is 17.4 Å². The van der Waals surface area contributed by atoms with E-state index in [1.807, 2.05) is 24.3 Å². The van der Waals surface area contributed by atoms with Gasteiger partial charge in [0.1, 0.15) is 20.9 Å². The molecule has 31 heavy (non-hydrogen) atoms. The fourth-order valence-corrected chi connectivity index (χ4v) is 6.71. The predicted octanol–water partition coefficient (Wildman–Crippen LogP) is 3.97. The maximum absolute atomic E-state index is 13.2. The van der Waals surface area contributed by atoms with Crippen LogP contribution < -0.4 is 0 Å². The number of hydrogen-bond acceptors (Lipinski definition) is 8. The van der Waals surface area contributed by atoms with E-state index in [0.717, 1.165) is 28.0 Å². The molecule has 7 nitrogen and oxygen atoms in total. The van der Waals surface area contributed by atoms with E-state index in [1.54, 1.807) is 29.5 Å². The van der Waals surface area contributed by atoms with Gasteiger partial charge in [-0.25, -0.2) is 13.4 Å². The first-order valence-corrected chi connectivity index (χ1v) is 13.1. The van der Waals surface area contributed by atoms with Gasteiger partial charge in [-0.3, -0.25) is 4.90 Å². The summed E-state index contributed by atoms with van der Waals surface area (Å²) < 4.78 is 36.2. The van der Waals surface area contributed by atoms with Gasteiger partial charge < -0.3 is 0 Å². The molecule has 1 fully saturated rings. The maximum atomic E-state index is 13.2. The highest BCUT2D eigenvalue weighted by Crippen LogP contribution is 2.27. The molecule has 3 heterocycles. The van der Waals surface area contributed by atoms with E-state index < -0.39 is 10.0 Å². The molecule has 11 heteroatoms. The second-order valence-corrected chi connectivity index (χ2v) is 10.9. The standard InChI is InChI=1S/C20H18ClN5O2S3/c21-15-6-4-14(5-7-15)20-22-16(13-29-20)12-25-8-10-26(11-9-25)31(27,28)18-3-1-2-17-19(18)24-30-23-17/h1-7,13H,8-12H2. The average molecular weight is 492 g/mol. The number of thiazole rings is 1. The van der Waals surface area contributed by atoms with Crippen LogP contribution in [-0.4, -0.2) is 57.5 Å². The zero-order valence-corrected chi connectivity index (χ0v) is 19.5. The molecule has 2 aromatic heterocycles. The third-order valence-electron chi connectivity index (χ3n) is 5.23. The Morgan fingerprint density at radius 2 is 1.77 bits per heavy atom. The Kier molecular flexibility index (Phi) is 5.76. The zero-order valence-electron chi connectivity index (χ0n) is 16.3. The Bertz CT molecular complexity index is 1310. The fraction of sp³-hybridized carbons (Fsp3) is 0.250. The van der Waals surface area contributed by atoms with E-state index in [-0.39, 0.29) is 4.90 Å². The van der Waals surface area contributed by atoms with E-state index >= 15 is 0 Å². The molecule has 0 bridgehead atoms. The monoisotopic (exact) mass is 491 g/mol. The van der Waals surface area contributed by atoms with Crippen LogP contribution in [0.1, 0.15) is 5.69 Å². The molecular formula is C20H18ClN5O2S3. The molecule has 1 aliphatic heterocycles. The first kappa shape index (κ1) is 20.9. The summed E-state index contributed by atoms with van der Waals surface area (Å²) in [6, 6.07) is 12.8. The number of aromatic nitrogens is 3. The molecule has 0 saturated carbocycles. The molecular weight excluding hydrogens is 474 g/mol. The second-order valence-electron chi connectivity index (χ2n) is 7.22. The molecule has 160 valence electrons. The van der Waals surface area contributed by atoms with Crippen molar-refractivity contribution < 1.29 is 8.42 Å². The Hall–Kier alpha value is -1.95. The Morgan fingerprint density at radius 3 is 2.55 bits per heavy atom. The van der Waals surface area contributed by atoms with E-state index in [1.165, 1.54) is 4.31 Å². The number of hydrogen-bond donors (Lipinski definition) is 0. The molecule has 4 aromatic rings.